The monoisotopic (exact) mass is 363 g/mol. The molecule has 9 heteroatoms. The molecule has 6 nitrogen and oxygen atoms in total. The number of rotatable bonds is 2. The molecule has 0 saturated carbocycles. The van der Waals surface area contributed by atoms with Crippen molar-refractivity contribution in [1.82, 2.24) is 25.3 Å². The zero-order valence-corrected chi connectivity index (χ0v) is 13.9. The summed E-state index contributed by atoms with van der Waals surface area (Å²) in [5.41, 5.74) is -0.755. The maximum atomic E-state index is 13.8. The lowest BCUT2D eigenvalue weighted by molar-refractivity contribution is -0.135. The molecule has 1 aliphatic rings. The number of likely N-dealkylation sites (N-methyl/N-ethyl adjacent to an activating group) is 1. The molecule has 0 spiro atoms. The van der Waals surface area contributed by atoms with Crippen LogP contribution in [0.15, 0.2) is 35.0 Å². The Labute approximate surface area is 147 Å². The van der Waals surface area contributed by atoms with Gasteiger partial charge in [0.15, 0.2) is 5.82 Å². The molecule has 1 saturated heterocycles. The van der Waals surface area contributed by atoms with Crippen LogP contribution in [0.4, 0.5) is 13.2 Å². The predicted molar refractivity (Wildman–Crippen MR) is 88.3 cm³/mol. The fourth-order valence-electron chi connectivity index (χ4n) is 3.18. The minimum absolute atomic E-state index is 0.00806. The summed E-state index contributed by atoms with van der Waals surface area (Å²) < 4.78 is 46.4. The number of nitrogens with one attached hydrogen (secondary N) is 1. The molecule has 1 unspecified atom stereocenters. The van der Waals surface area contributed by atoms with Crippen molar-refractivity contribution < 1.29 is 17.7 Å². The molecule has 1 aliphatic heterocycles. The van der Waals surface area contributed by atoms with Crippen LogP contribution in [0.2, 0.25) is 0 Å². The molecular formula is C17H16F3N5O. The quantitative estimate of drug-likeness (QED) is 0.755. The number of para-hydroxylation sites is 1. The Morgan fingerprint density at radius 1 is 1.27 bits per heavy atom. The second-order valence-corrected chi connectivity index (χ2v) is 6.22. The van der Waals surface area contributed by atoms with Gasteiger partial charge in [0.1, 0.15) is 0 Å². The Bertz CT molecular complexity index is 940. The molecule has 1 N–H and O–H groups in total. The molecule has 4 rings (SSSR count). The molecule has 0 aliphatic carbocycles. The first-order valence-corrected chi connectivity index (χ1v) is 8.15. The third-order valence-corrected chi connectivity index (χ3v) is 4.54. The van der Waals surface area contributed by atoms with E-state index in [0.29, 0.717) is 12.4 Å². The van der Waals surface area contributed by atoms with Crippen LogP contribution in [0.25, 0.3) is 22.4 Å². The Morgan fingerprint density at radius 3 is 2.85 bits per heavy atom. The second-order valence-electron chi connectivity index (χ2n) is 6.22. The summed E-state index contributed by atoms with van der Waals surface area (Å²) in [5, 5.41) is 7.13. The molecule has 0 bridgehead atoms. The highest BCUT2D eigenvalue weighted by Gasteiger charge is 2.38. The molecule has 2 aromatic heterocycles. The van der Waals surface area contributed by atoms with Crippen LogP contribution in [0.3, 0.4) is 0 Å². The number of piperazine rings is 1. The van der Waals surface area contributed by atoms with E-state index in [4.69, 9.17) is 4.52 Å². The first-order chi connectivity index (χ1) is 12.4. The second kappa shape index (κ2) is 6.33. The van der Waals surface area contributed by atoms with Gasteiger partial charge in [-0.05, 0) is 13.1 Å². The summed E-state index contributed by atoms with van der Waals surface area (Å²) in [5.74, 6) is 0.181. The number of nitrogens with zero attached hydrogens (tertiary/aromatic N) is 4. The van der Waals surface area contributed by atoms with Gasteiger partial charge >= 0.3 is 6.18 Å². The van der Waals surface area contributed by atoms with Crippen molar-refractivity contribution in [1.29, 1.82) is 0 Å². The van der Waals surface area contributed by atoms with E-state index in [9.17, 15) is 13.2 Å². The summed E-state index contributed by atoms with van der Waals surface area (Å²) in [6, 6.07) is 5.97. The first kappa shape index (κ1) is 16.9. The van der Waals surface area contributed by atoms with E-state index in [1.807, 2.05) is 11.9 Å². The van der Waals surface area contributed by atoms with E-state index in [0.717, 1.165) is 19.3 Å². The highest BCUT2D eigenvalue weighted by atomic mass is 19.4. The molecule has 3 heterocycles. The largest absolute Gasteiger partial charge is 0.417 e. The zero-order valence-electron chi connectivity index (χ0n) is 13.9. The number of hydrogen-bond acceptors (Lipinski definition) is 6. The summed E-state index contributed by atoms with van der Waals surface area (Å²) in [6.45, 7) is 2.24. The summed E-state index contributed by atoms with van der Waals surface area (Å²) >= 11 is 0. The van der Waals surface area contributed by atoms with E-state index < -0.39 is 11.7 Å². The van der Waals surface area contributed by atoms with E-state index in [1.54, 1.807) is 12.1 Å². The topological polar surface area (TPSA) is 67.1 Å². The van der Waals surface area contributed by atoms with Crippen molar-refractivity contribution in [2.75, 3.05) is 26.7 Å². The van der Waals surface area contributed by atoms with Crippen molar-refractivity contribution >= 4 is 10.9 Å². The van der Waals surface area contributed by atoms with Crippen LogP contribution in [0.1, 0.15) is 17.4 Å². The maximum absolute atomic E-state index is 13.8. The summed E-state index contributed by atoms with van der Waals surface area (Å²) in [7, 11) is 1.92. The molecule has 3 aromatic rings. The van der Waals surface area contributed by atoms with Gasteiger partial charge in [-0.25, -0.2) is 0 Å². The number of hydrogen-bond donors (Lipinski definition) is 1. The molecular weight excluding hydrogens is 347 g/mol. The van der Waals surface area contributed by atoms with Crippen LogP contribution >= 0.6 is 0 Å². The minimum Gasteiger partial charge on any atom is -0.334 e. The van der Waals surface area contributed by atoms with Gasteiger partial charge in [0, 0.05) is 31.2 Å². The first-order valence-electron chi connectivity index (χ1n) is 8.15. The van der Waals surface area contributed by atoms with E-state index in [2.05, 4.69) is 20.4 Å². The average Bonchev–Trinajstić information content (AvgIpc) is 3.10. The number of fused-ring (bicyclic) bond motifs is 1. The van der Waals surface area contributed by atoms with Gasteiger partial charge in [-0.1, -0.05) is 23.4 Å². The van der Waals surface area contributed by atoms with Gasteiger partial charge in [-0.3, -0.25) is 9.88 Å². The van der Waals surface area contributed by atoms with Crippen LogP contribution < -0.4 is 5.32 Å². The third kappa shape index (κ3) is 2.93. The molecule has 0 radical (unpaired) electrons. The molecule has 26 heavy (non-hydrogen) atoms. The lowest BCUT2D eigenvalue weighted by Crippen LogP contribution is -2.44. The van der Waals surface area contributed by atoms with Crippen LogP contribution in [-0.2, 0) is 6.18 Å². The lowest BCUT2D eigenvalue weighted by atomic mass is 10.0. The van der Waals surface area contributed by atoms with E-state index in [1.165, 1.54) is 12.1 Å². The molecule has 0 amide bonds. The Kier molecular flexibility index (Phi) is 4.12. The number of pyridine rings is 1. The SMILES string of the molecule is CN1CCNCC1c1noc(-c2cnc3ccccc3c2C(F)(F)F)n1. The Balaban J connectivity index is 1.82. The van der Waals surface area contributed by atoms with Crippen LogP contribution in [0.5, 0.6) is 0 Å². The highest BCUT2D eigenvalue weighted by Crippen LogP contribution is 2.40. The van der Waals surface area contributed by atoms with Crippen LogP contribution in [0, 0.1) is 0 Å². The Morgan fingerprint density at radius 2 is 2.08 bits per heavy atom. The average molecular weight is 363 g/mol. The van der Waals surface area contributed by atoms with Gasteiger partial charge in [0.2, 0.25) is 0 Å². The molecule has 1 aromatic carbocycles. The smallest absolute Gasteiger partial charge is 0.334 e. The zero-order chi connectivity index (χ0) is 18.3. The molecule has 136 valence electrons. The van der Waals surface area contributed by atoms with Crippen molar-refractivity contribution in [3.05, 3.63) is 41.9 Å². The van der Waals surface area contributed by atoms with Crippen molar-refractivity contribution in [2.24, 2.45) is 0 Å². The number of aromatic nitrogens is 3. The lowest BCUT2D eigenvalue weighted by Gasteiger charge is -2.30. The van der Waals surface area contributed by atoms with Crippen LogP contribution in [-0.4, -0.2) is 46.7 Å². The van der Waals surface area contributed by atoms with Crippen molar-refractivity contribution in [3.63, 3.8) is 0 Å². The van der Waals surface area contributed by atoms with Gasteiger partial charge in [0.05, 0.1) is 22.7 Å². The van der Waals surface area contributed by atoms with Gasteiger partial charge in [-0.2, -0.15) is 18.2 Å². The normalized spacial score (nSPS) is 19.2. The third-order valence-electron chi connectivity index (χ3n) is 4.54. The molecule has 1 atom stereocenters. The van der Waals surface area contributed by atoms with Gasteiger partial charge in [-0.15, -0.1) is 0 Å². The minimum atomic E-state index is -4.57. The fraction of sp³-hybridized carbons (Fsp3) is 0.353. The summed E-state index contributed by atoms with van der Waals surface area (Å²) in [4.78, 5) is 10.4. The summed E-state index contributed by atoms with van der Waals surface area (Å²) in [6.07, 6.45) is -3.43. The number of benzene rings is 1. The fourth-order valence-corrected chi connectivity index (χ4v) is 3.18. The standard InChI is InChI=1S/C17H16F3N5O/c1-25-7-6-21-9-13(25)15-23-16(26-24-15)11-8-22-12-5-3-2-4-10(12)14(11)17(18,19)20/h2-5,8,13,21H,6-7,9H2,1H3. The van der Waals surface area contributed by atoms with Crippen molar-refractivity contribution in [3.8, 4) is 11.5 Å². The number of halogens is 3. The van der Waals surface area contributed by atoms with E-state index >= 15 is 0 Å². The van der Waals surface area contributed by atoms with Gasteiger partial charge < -0.3 is 9.84 Å². The van der Waals surface area contributed by atoms with Gasteiger partial charge in [0.25, 0.3) is 5.89 Å². The Hall–Kier alpha value is -2.52. The molecule has 1 fully saturated rings. The maximum Gasteiger partial charge on any atom is 0.417 e. The highest BCUT2D eigenvalue weighted by molar-refractivity contribution is 5.87. The van der Waals surface area contributed by atoms with E-state index in [-0.39, 0.29) is 28.4 Å². The number of alkyl halides is 3. The predicted octanol–water partition coefficient (Wildman–Crippen LogP) is 2.88. The van der Waals surface area contributed by atoms with Crippen molar-refractivity contribution in [2.45, 2.75) is 12.2 Å².